The second-order valence-electron chi connectivity index (χ2n) is 3.03. The predicted molar refractivity (Wildman–Crippen MR) is 56.0 cm³/mol. The van der Waals surface area contributed by atoms with E-state index in [2.05, 4.69) is 11.9 Å². The van der Waals surface area contributed by atoms with E-state index in [9.17, 15) is 9.59 Å². The quantitative estimate of drug-likeness (QED) is 0.498. The zero-order valence-electron chi connectivity index (χ0n) is 8.77. The summed E-state index contributed by atoms with van der Waals surface area (Å²) in [6.07, 6.45) is 1.55. The molecule has 1 atom stereocenters. The van der Waals surface area contributed by atoms with E-state index in [0.29, 0.717) is 6.54 Å². The van der Waals surface area contributed by atoms with Crippen LogP contribution in [-0.4, -0.2) is 47.7 Å². The molecular weight excluding hydrogens is 198 g/mol. The smallest absolute Gasteiger partial charge is 0.312 e. The van der Waals surface area contributed by atoms with E-state index in [4.69, 9.17) is 10.8 Å². The van der Waals surface area contributed by atoms with Gasteiger partial charge in [-0.3, -0.25) is 4.79 Å². The first-order valence-electron chi connectivity index (χ1n) is 4.59. The van der Waals surface area contributed by atoms with Crippen LogP contribution in [0.3, 0.4) is 0 Å². The van der Waals surface area contributed by atoms with Gasteiger partial charge in [-0.15, -0.1) is 6.58 Å². The predicted octanol–water partition coefficient (Wildman–Crippen LogP) is -0.950. The first-order chi connectivity index (χ1) is 7.02. The Morgan fingerprint density at radius 1 is 1.67 bits per heavy atom. The van der Waals surface area contributed by atoms with E-state index in [1.807, 2.05) is 0 Å². The molecule has 15 heavy (non-hydrogen) atoms. The Bertz CT molecular complexity index is 243. The van der Waals surface area contributed by atoms with Crippen molar-refractivity contribution < 1.29 is 14.7 Å². The fourth-order valence-corrected chi connectivity index (χ4v) is 1.12. The number of aliphatic hydroxyl groups excluding tert-OH is 1. The van der Waals surface area contributed by atoms with Crippen molar-refractivity contribution >= 4 is 11.9 Å². The van der Waals surface area contributed by atoms with Crippen LogP contribution >= 0.6 is 0 Å². The molecule has 0 rings (SSSR count). The highest BCUT2D eigenvalue weighted by atomic mass is 16.3. The Balaban J connectivity index is 4.33. The van der Waals surface area contributed by atoms with Crippen molar-refractivity contribution in [2.24, 2.45) is 5.73 Å². The first-order valence-corrected chi connectivity index (χ1v) is 4.59. The van der Waals surface area contributed by atoms with Gasteiger partial charge in [0.05, 0.1) is 6.61 Å². The summed E-state index contributed by atoms with van der Waals surface area (Å²) >= 11 is 0. The summed E-state index contributed by atoms with van der Waals surface area (Å²) in [4.78, 5) is 23.6. The summed E-state index contributed by atoms with van der Waals surface area (Å²) in [6, 6.07) is -1.45. The molecule has 0 bridgehead atoms. The average Bonchev–Trinajstić information content (AvgIpc) is 2.15. The zero-order chi connectivity index (χ0) is 11.8. The molecular formula is C9H17N3O3. The van der Waals surface area contributed by atoms with E-state index in [-0.39, 0.29) is 19.1 Å². The lowest BCUT2D eigenvalue weighted by Gasteiger charge is -2.23. The zero-order valence-corrected chi connectivity index (χ0v) is 8.77. The number of hydrogen-bond donors (Lipinski definition) is 3. The number of aliphatic hydroxyl groups is 1. The highest BCUT2D eigenvalue weighted by Gasteiger charge is 2.19. The third-order valence-corrected chi connectivity index (χ3v) is 1.76. The minimum Gasteiger partial charge on any atom is -0.395 e. The van der Waals surface area contributed by atoms with Crippen LogP contribution in [-0.2, 0) is 4.79 Å². The summed E-state index contributed by atoms with van der Waals surface area (Å²) in [5.41, 5.74) is 4.89. The van der Waals surface area contributed by atoms with Crippen LogP contribution < -0.4 is 11.1 Å². The van der Waals surface area contributed by atoms with Crippen LogP contribution in [0.25, 0.3) is 0 Å². The minimum absolute atomic E-state index is 0.136. The Morgan fingerprint density at radius 2 is 2.27 bits per heavy atom. The van der Waals surface area contributed by atoms with Gasteiger partial charge in [0.25, 0.3) is 0 Å². The Morgan fingerprint density at radius 3 is 2.67 bits per heavy atom. The molecule has 0 aromatic carbocycles. The molecule has 0 heterocycles. The molecule has 6 nitrogen and oxygen atoms in total. The summed E-state index contributed by atoms with van der Waals surface area (Å²) in [5, 5.41) is 11.0. The molecule has 0 spiro atoms. The molecule has 0 aromatic rings. The third-order valence-electron chi connectivity index (χ3n) is 1.76. The summed E-state index contributed by atoms with van der Waals surface area (Å²) in [5.74, 6) is -0.303. The van der Waals surface area contributed by atoms with Gasteiger partial charge in [-0.25, -0.2) is 4.79 Å². The fraction of sp³-hybridized carbons (Fsp3) is 0.556. The number of nitrogens with one attached hydrogen (secondary N) is 1. The van der Waals surface area contributed by atoms with Gasteiger partial charge < -0.3 is 21.1 Å². The van der Waals surface area contributed by atoms with Gasteiger partial charge in [0.15, 0.2) is 0 Å². The Labute approximate surface area is 88.7 Å². The molecule has 0 saturated carbocycles. The molecule has 0 aliphatic rings. The highest BCUT2D eigenvalue weighted by Crippen LogP contribution is 1.95. The maximum absolute atomic E-state index is 11.7. The number of rotatable bonds is 6. The van der Waals surface area contributed by atoms with Crippen LogP contribution in [0, 0.1) is 0 Å². The van der Waals surface area contributed by atoms with E-state index >= 15 is 0 Å². The van der Waals surface area contributed by atoms with Crippen molar-refractivity contribution in [3.63, 3.8) is 0 Å². The second kappa shape index (κ2) is 6.83. The maximum Gasteiger partial charge on any atom is 0.312 e. The largest absolute Gasteiger partial charge is 0.395 e. The lowest BCUT2D eigenvalue weighted by atomic mass is 10.3. The van der Waals surface area contributed by atoms with E-state index in [1.165, 1.54) is 11.8 Å². The van der Waals surface area contributed by atoms with Crippen LogP contribution in [0.5, 0.6) is 0 Å². The van der Waals surface area contributed by atoms with Gasteiger partial charge in [0, 0.05) is 13.1 Å². The third kappa shape index (κ3) is 5.02. The molecule has 3 amide bonds. The maximum atomic E-state index is 11.7. The number of carbonyl (C=O) groups is 2. The Kier molecular flexibility index (Phi) is 6.12. The minimum atomic E-state index is -0.751. The summed E-state index contributed by atoms with van der Waals surface area (Å²) in [7, 11) is 0. The molecule has 0 radical (unpaired) electrons. The van der Waals surface area contributed by atoms with Gasteiger partial charge in [-0.1, -0.05) is 6.08 Å². The standard InChI is InChI=1S/C9H17N3O3/c1-3-4-12(5-6-13)8(14)7(2)11-9(10)15/h3,7,13H,1,4-6H2,2H3,(H3,10,11,15). The molecule has 0 fully saturated rings. The van der Waals surface area contributed by atoms with Crippen molar-refractivity contribution in [1.29, 1.82) is 0 Å². The fourth-order valence-electron chi connectivity index (χ4n) is 1.12. The van der Waals surface area contributed by atoms with Crippen LogP contribution in [0.1, 0.15) is 6.92 Å². The number of urea groups is 1. The molecule has 4 N–H and O–H groups in total. The summed E-state index contributed by atoms with van der Waals surface area (Å²) < 4.78 is 0. The SMILES string of the molecule is C=CCN(CCO)C(=O)C(C)NC(N)=O. The van der Waals surface area contributed by atoms with Gasteiger partial charge >= 0.3 is 6.03 Å². The van der Waals surface area contributed by atoms with Crippen LogP contribution in [0.15, 0.2) is 12.7 Å². The van der Waals surface area contributed by atoms with Gasteiger partial charge in [-0.2, -0.15) is 0 Å². The number of carbonyl (C=O) groups excluding carboxylic acids is 2. The van der Waals surface area contributed by atoms with Gasteiger partial charge in [0.1, 0.15) is 6.04 Å². The average molecular weight is 215 g/mol. The lowest BCUT2D eigenvalue weighted by molar-refractivity contribution is -0.132. The molecule has 0 aliphatic carbocycles. The number of nitrogens with zero attached hydrogens (tertiary/aromatic N) is 1. The molecule has 0 aliphatic heterocycles. The molecule has 86 valence electrons. The van der Waals surface area contributed by atoms with Gasteiger partial charge in [0.2, 0.25) is 5.91 Å². The van der Waals surface area contributed by atoms with E-state index < -0.39 is 12.1 Å². The first kappa shape index (κ1) is 13.4. The normalized spacial score (nSPS) is 11.6. The Hall–Kier alpha value is -1.56. The van der Waals surface area contributed by atoms with Crippen molar-refractivity contribution in [3.05, 3.63) is 12.7 Å². The number of hydrogen-bond acceptors (Lipinski definition) is 3. The topological polar surface area (TPSA) is 95.7 Å². The molecule has 6 heteroatoms. The molecule has 0 aromatic heterocycles. The number of amides is 3. The summed E-state index contributed by atoms with van der Waals surface area (Å²) in [6.45, 7) is 5.42. The second-order valence-corrected chi connectivity index (χ2v) is 3.03. The van der Waals surface area contributed by atoms with Crippen molar-refractivity contribution in [2.75, 3.05) is 19.7 Å². The van der Waals surface area contributed by atoms with Crippen molar-refractivity contribution in [2.45, 2.75) is 13.0 Å². The molecule has 1 unspecified atom stereocenters. The van der Waals surface area contributed by atoms with Crippen LogP contribution in [0.2, 0.25) is 0 Å². The van der Waals surface area contributed by atoms with E-state index in [0.717, 1.165) is 0 Å². The number of nitrogens with two attached hydrogens (primary N) is 1. The van der Waals surface area contributed by atoms with E-state index in [1.54, 1.807) is 6.08 Å². The van der Waals surface area contributed by atoms with Crippen molar-refractivity contribution in [1.82, 2.24) is 10.2 Å². The monoisotopic (exact) mass is 215 g/mol. The highest BCUT2D eigenvalue weighted by molar-refractivity contribution is 5.86. The van der Waals surface area contributed by atoms with Crippen molar-refractivity contribution in [3.8, 4) is 0 Å². The number of primary amides is 1. The van der Waals surface area contributed by atoms with Crippen LogP contribution in [0.4, 0.5) is 4.79 Å². The van der Waals surface area contributed by atoms with Gasteiger partial charge in [-0.05, 0) is 6.92 Å². The molecule has 0 saturated heterocycles. The lowest BCUT2D eigenvalue weighted by Crippen LogP contribution is -2.49.